The van der Waals surface area contributed by atoms with Crippen LogP contribution in [0.15, 0.2) is 0 Å². The highest BCUT2D eigenvalue weighted by Crippen LogP contribution is 2.14. The summed E-state index contributed by atoms with van der Waals surface area (Å²) in [4.78, 5) is 25.2. The van der Waals surface area contributed by atoms with Gasteiger partial charge in [0.15, 0.2) is 0 Å². The van der Waals surface area contributed by atoms with Gasteiger partial charge in [0.25, 0.3) is 0 Å². The van der Waals surface area contributed by atoms with Crippen LogP contribution in [0.25, 0.3) is 0 Å². The lowest BCUT2D eigenvalue weighted by atomic mass is 10.1. The van der Waals surface area contributed by atoms with E-state index in [-0.39, 0.29) is 17.8 Å². The van der Waals surface area contributed by atoms with Crippen LogP contribution < -0.4 is 5.32 Å². The maximum Gasteiger partial charge on any atom is 0.328 e. The molecule has 1 heterocycles. The number of hydrogen-bond donors (Lipinski definition) is 1. The fourth-order valence-electron chi connectivity index (χ4n) is 1.81. The van der Waals surface area contributed by atoms with E-state index < -0.39 is 6.04 Å². The van der Waals surface area contributed by atoms with E-state index in [2.05, 4.69) is 10.2 Å². The second kappa shape index (κ2) is 5.84. The quantitative estimate of drug-likeness (QED) is 0.688. The zero-order valence-electron chi connectivity index (χ0n) is 10.2. The molecule has 1 saturated heterocycles. The van der Waals surface area contributed by atoms with Crippen LogP contribution in [0.3, 0.4) is 0 Å². The monoisotopic (exact) mass is 228 g/mol. The van der Waals surface area contributed by atoms with E-state index in [1.165, 1.54) is 0 Å². The van der Waals surface area contributed by atoms with Gasteiger partial charge in [0.1, 0.15) is 6.04 Å². The molecule has 0 bridgehead atoms. The molecule has 1 fully saturated rings. The van der Waals surface area contributed by atoms with Crippen LogP contribution in [-0.4, -0.2) is 49.6 Å². The first-order valence-corrected chi connectivity index (χ1v) is 5.70. The SMILES string of the molecule is CCOC(=O)C(C)NC(=O)C1CCN(C)C1. The van der Waals surface area contributed by atoms with Crippen LogP contribution in [0, 0.1) is 5.92 Å². The maximum atomic E-state index is 11.8. The average molecular weight is 228 g/mol. The van der Waals surface area contributed by atoms with Gasteiger partial charge in [-0.3, -0.25) is 4.79 Å². The van der Waals surface area contributed by atoms with E-state index >= 15 is 0 Å². The highest BCUT2D eigenvalue weighted by atomic mass is 16.5. The van der Waals surface area contributed by atoms with Crippen LogP contribution in [0.5, 0.6) is 0 Å². The van der Waals surface area contributed by atoms with Crippen molar-refractivity contribution in [3.63, 3.8) is 0 Å². The van der Waals surface area contributed by atoms with Crippen molar-refractivity contribution in [3.05, 3.63) is 0 Å². The van der Waals surface area contributed by atoms with Gasteiger partial charge in [-0.05, 0) is 33.9 Å². The number of nitrogens with one attached hydrogen (secondary N) is 1. The molecule has 0 radical (unpaired) electrons. The number of ether oxygens (including phenoxy) is 1. The van der Waals surface area contributed by atoms with Gasteiger partial charge in [-0.1, -0.05) is 0 Å². The number of hydrogen-bond acceptors (Lipinski definition) is 4. The molecule has 5 heteroatoms. The van der Waals surface area contributed by atoms with Crippen molar-refractivity contribution in [1.82, 2.24) is 10.2 Å². The van der Waals surface area contributed by atoms with Crippen LogP contribution in [-0.2, 0) is 14.3 Å². The standard InChI is InChI=1S/C11H20N2O3/c1-4-16-11(15)8(2)12-10(14)9-5-6-13(3)7-9/h8-9H,4-7H2,1-3H3,(H,12,14). The fourth-order valence-corrected chi connectivity index (χ4v) is 1.81. The highest BCUT2D eigenvalue weighted by molar-refractivity contribution is 5.85. The zero-order chi connectivity index (χ0) is 12.1. The number of carbonyl (C=O) groups is 2. The van der Waals surface area contributed by atoms with E-state index in [1.54, 1.807) is 13.8 Å². The Morgan fingerprint density at radius 2 is 2.25 bits per heavy atom. The Balaban J connectivity index is 2.36. The summed E-state index contributed by atoms with van der Waals surface area (Å²) in [6.45, 7) is 5.44. The minimum absolute atomic E-state index is 0.00174. The Hall–Kier alpha value is -1.10. The number of amides is 1. The maximum absolute atomic E-state index is 11.8. The van der Waals surface area contributed by atoms with E-state index in [0.29, 0.717) is 6.61 Å². The Morgan fingerprint density at radius 3 is 2.75 bits per heavy atom. The van der Waals surface area contributed by atoms with E-state index in [0.717, 1.165) is 19.5 Å². The molecule has 2 atom stereocenters. The van der Waals surface area contributed by atoms with Crippen molar-refractivity contribution in [2.75, 3.05) is 26.7 Å². The third-order valence-electron chi connectivity index (χ3n) is 2.76. The second-order valence-corrected chi connectivity index (χ2v) is 4.23. The van der Waals surface area contributed by atoms with Crippen LogP contribution in [0.2, 0.25) is 0 Å². The molecule has 0 saturated carbocycles. The molecule has 0 aliphatic carbocycles. The molecule has 1 aliphatic heterocycles. The molecule has 1 amide bonds. The molecule has 2 unspecified atom stereocenters. The Labute approximate surface area is 96.1 Å². The summed E-state index contributed by atoms with van der Waals surface area (Å²) >= 11 is 0. The van der Waals surface area contributed by atoms with Crippen LogP contribution in [0.4, 0.5) is 0 Å². The largest absolute Gasteiger partial charge is 0.464 e. The van der Waals surface area contributed by atoms with Crippen molar-refractivity contribution < 1.29 is 14.3 Å². The van der Waals surface area contributed by atoms with Crippen molar-refractivity contribution in [3.8, 4) is 0 Å². The van der Waals surface area contributed by atoms with Gasteiger partial charge in [0.2, 0.25) is 5.91 Å². The lowest BCUT2D eigenvalue weighted by Crippen LogP contribution is -2.43. The smallest absolute Gasteiger partial charge is 0.328 e. The summed E-state index contributed by atoms with van der Waals surface area (Å²) in [6.07, 6.45) is 0.859. The van der Waals surface area contributed by atoms with Gasteiger partial charge >= 0.3 is 5.97 Å². The molecule has 1 aliphatic rings. The summed E-state index contributed by atoms with van der Waals surface area (Å²) in [5.74, 6) is -0.422. The normalized spacial score (nSPS) is 22.8. The molecular weight excluding hydrogens is 208 g/mol. The van der Waals surface area contributed by atoms with E-state index in [4.69, 9.17) is 4.74 Å². The number of likely N-dealkylation sites (tertiary alicyclic amines) is 1. The fraction of sp³-hybridized carbons (Fsp3) is 0.818. The summed E-state index contributed by atoms with van der Waals surface area (Å²) in [5.41, 5.74) is 0. The van der Waals surface area contributed by atoms with Crippen molar-refractivity contribution in [2.24, 2.45) is 5.92 Å². The Morgan fingerprint density at radius 1 is 1.56 bits per heavy atom. The van der Waals surface area contributed by atoms with Crippen molar-refractivity contribution in [1.29, 1.82) is 0 Å². The van der Waals surface area contributed by atoms with Gasteiger partial charge in [-0.25, -0.2) is 4.79 Å². The topological polar surface area (TPSA) is 58.6 Å². The van der Waals surface area contributed by atoms with Gasteiger partial charge in [-0.15, -0.1) is 0 Å². The second-order valence-electron chi connectivity index (χ2n) is 4.23. The lowest BCUT2D eigenvalue weighted by molar-refractivity contribution is -0.147. The first-order valence-electron chi connectivity index (χ1n) is 5.70. The predicted molar refractivity (Wildman–Crippen MR) is 59.8 cm³/mol. The summed E-state index contributed by atoms with van der Waals surface area (Å²) in [6, 6.07) is -0.557. The van der Waals surface area contributed by atoms with Crippen LogP contribution in [0.1, 0.15) is 20.3 Å². The van der Waals surface area contributed by atoms with Crippen LogP contribution >= 0.6 is 0 Å². The number of nitrogens with zero attached hydrogens (tertiary/aromatic N) is 1. The molecule has 0 aromatic rings. The average Bonchev–Trinajstić information content (AvgIpc) is 2.65. The third-order valence-corrected chi connectivity index (χ3v) is 2.76. The van der Waals surface area contributed by atoms with Gasteiger partial charge < -0.3 is 15.0 Å². The van der Waals surface area contributed by atoms with E-state index in [9.17, 15) is 9.59 Å². The molecule has 92 valence electrons. The van der Waals surface area contributed by atoms with Crippen molar-refractivity contribution >= 4 is 11.9 Å². The van der Waals surface area contributed by atoms with E-state index in [1.807, 2.05) is 7.05 Å². The molecular formula is C11H20N2O3. The Bertz CT molecular complexity index is 268. The summed E-state index contributed by atoms with van der Waals surface area (Å²) in [5, 5.41) is 2.69. The predicted octanol–water partition coefficient (Wildman–Crippen LogP) is 0.00590. The molecule has 0 aromatic carbocycles. The lowest BCUT2D eigenvalue weighted by Gasteiger charge is -2.15. The first-order chi connectivity index (χ1) is 7.54. The Kier molecular flexibility index (Phi) is 4.73. The highest BCUT2D eigenvalue weighted by Gasteiger charge is 2.28. The first kappa shape index (κ1) is 13.0. The van der Waals surface area contributed by atoms with Crippen molar-refractivity contribution in [2.45, 2.75) is 26.3 Å². The zero-order valence-corrected chi connectivity index (χ0v) is 10.2. The number of esters is 1. The minimum Gasteiger partial charge on any atom is -0.464 e. The molecule has 5 nitrogen and oxygen atoms in total. The third kappa shape index (κ3) is 3.48. The number of carbonyl (C=O) groups excluding carboxylic acids is 2. The molecule has 0 aromatic heterocycles. The van der Waals surface area contributed by atoms with Gasteiger partial charge in [0, 0.05) is 6.54 Å². The molecule has 0 spiro atoms. The van der Waals surface area contributed by atoms with Gasteiger partial charge in [-0.2, -0.15) is 0 Å². The summed E-state index contributed by atoms with van der Waals surface area (Å²) < 4.78 is 4.82. The minimum atomic E-state index is -0.557. The molecule has 16 heavy (non-hydrogen) atoms. The number of rotatable bonds is 4. The molecule has 1 rings (SSSR count). The molecule has 1 N–H and O–H groups in total. The van der Waals surface area contributed by atoms with Gasteiger partial charge in [0.05, 0.1) is 12.5 Å². The summed E-state index contributed by atoms with van der Waals surface area (Å²) in [7, 11) is 1.99.